The van der Waals surface area contributed by atoms with Gasteiger partial charge in [0, 0.05) is 12.4 Å². The minimum absolute atomic E-state index is 0. The number of rotatable bonds is 8. The van der Waals surface area contributed by atoms with Crippen LogP contribution < -0.4 is 34.7 Å². The number of carboxylic acid groups (broad SMARTS) is 2. The van der Waals surface area contributed by atoms with Crippen LogP contribution in [0.4, 0.5) is 0 Å². The Labute approximate surface area is 106 Å². The molecule has 0 aliphatic rings. The van der Waals surface area contributed by atoms with Crippen molar-refractivity contribution in [2.45, 2.75) is 44.9 Å². The maximum atomic E-state index is 10.1. The van der Waals surface area contributed by atoms with Crippen LogP contribution in [-0.4, -0.2) is 17.0 Å². The third-order valence-electron chi connectivity index (χ3n) is 1.77. The van der Waals surface area contributed by atoms with E-state index < -0.39 is 11.9 Å². The van der Waals surface area contributed by atoms with Crippen LogP contribution in [0.1, 0.15) is 44.9 Å². The molecular formula is C9H15NaO4. The summed E-state index contributed by atoms with van der Waals surface area (Å²) in [6, 6.07) is 0. The molecule has 0 unspecified atom stereocenters. The molecule has 0 atom stereocenters. The Bertz CT molecular complexity index is 152. The number of hydrogen-bond acceptors (Lipinski definition) is 3. The van der Waals surface area contributed by atoms with Crippen LogP contribution in [0.3, 0.4) is 0 Å². The molecule has 0 heterocycles. The van der Waals surface area contributed by atoms with Gasteiger partial charge < -0.3 is 15.0 Å². The van der Waals surface area contributed by atoms with Crippen molar-refractivity contribution in [2.24, 2.45) is 0 Å². The van der Waals surface area contributed by atoms with Gasteiger partial charge in [0.1, 0.15) is 0 Å². The molecule has 0 aromatic heterocycles. The van der Waals surface area contributed by atoms with E-state index in [1.54, 1.807) is 0 Å². The molecule has 5 heteroatoms. The molecule has 0 fully saturated rings. The van der Waals surface area contributed by atoms with Crippen molar-refractivity contribution >= 4 is 11.9 Å². The smallest absolute Gasteiger partial charge is 0.550 e. The van der Waals surface area contributed by atoms with Gasteiger partial charge in [-0.3, -0.25) is 4.79 Å². The third kappa shape index (κ3) is 14.5. The number of carbonyl (C=O) groups is 2. The van der Waals surface area contributed by atoms with Crippen LogP contribution >= 0.6 is 0 Å². The van der Waals surface area contributed by atoms with Gasteiger partial charge in [-0.1, -0.05) is 19.3 Å². The van der Waals surface area contributed by atoms with E-state index in [0.29, 0.717) is 12.8 Å². The molecule has 0 radical (unpaired) electrons. The van der Waals surface area contributed by atoms with E-state index in [1.165, 1.54) is 0 Å². The minimum Gasteiger partial charge on any atom is -0.550 e. The summed E-state index contributed by atoms with van der Waals surface area (Å²) < 4.78 is 0. The molecule has 76 valence electrons. The fourth-order valence-electron chi connectivity index (χ4n) is 1.08. The second-order valence-corrected chi connectivity index (χ2v) is 3.03. The summed E-state index contributed by atoms with van der Waals surface area (Å²) in [5.41, 5.74) is 0. The molecule has 14 heavy (non-hydrogen) atoms. The van der Waals surface area contributed by atoms with E-state index in [1.807, 2.05) is 0 Å². The average Bonchev–Trinajstić information content (AvgIpc) is 2.01. The summed E-state index contributed by atoms with van der Waals surface area (Å²) >= 11 is 0. The van der Waals surface area contributed by atoms with Crippen LogP contribution in [0.2, 0.25) is 0 Å². The van der Waals surface area contributed by atoms with Crippen LogP contribution in [0.15, 0.2) is 0 Å². The van der Waals surface area contributed by atoms with E-state index in [4.69, 9.17) is 5.11 Å². The third-order valence-corrected chi connectivity index (χ3v) is 1.77. The van der Waals surface area contributed by atoms with Gasteiger partial charge in [0.05, 0.1) is 0 Å². The van der Waals surface area contributed by atoms with Crippen molar-refractivity contribution in [2.75, 3.05) is 0 Å². The second kappa shape index (κ2) is 11.0. The molecule has 0 saturated carbocycles. The summed E-state index contributed by atoms with van der Waals surface area (Å²) in [6.45, 7) is 0. The summed E-state index contributed by atoms with van der Waals surface area (Å²) in [5, 5.41) is 18.3. The monoisotopic (exact) mass is 210 g/mol. The van der Waals surface area contributed by atoms with Crippen molar-refractivity contribution in [3.05, 3.63) is 0 Å². The quantitative estimate of drug-likeness (QED) is 0.356. The van der Waals surface area contributed by atoms with Gasteiger partial charge >= 0.3 is 35.5 Å². The Kier molecular flexibility index (Phi) is 12.9. The Balaban J connectivity index is 0. The zero-order valence-electron chi connectivity index (χ0n) is 8.62. The van der Waals surface area contributed by atoms with E-state index in [2.05, 4.69) is 0 Å². The van der Waals surface area contributed by atoms with Crippen LogP contribution in [0, 0.1) is 0 Å². The maximum absolute atomic E-state index is 10.1. The molecule has 0 aromatic rings. The predicted molar refractivity (Wildman–Crippen MR) is 45.0 cm³/mol. The van der Waals surface area contributed by atoms with E-state index in [-0.39, 0.29) is 42.4 Å². The molecule has 0 spiro atoms. The minimum atomic E-state index is -1.01. The molecule has 0 amide bonds. The van der Waals surface area contributed by atoms with Crippen molar-refractivity contribution in [1.82, 2.24) is 0 Å². The SMILES string of the molecule is O=C([O-])CCCCCCCC(=O)O.[Na+]. The van der Waals surface area contributed by atoms with Gasteiger partial charge in [0.25, 0.3) is 0 Å². The normalized spacial score (nSPS) is 9.14. The van der Waals surface area contributed by atoms with Gasteiger partial charge in [-0.25, -0.2) is 0 Å². The second-order valence-electron chi connectivity index (χ2n) is 3.03. The molecule has 0 rings (SSSR count). The first-order valence-corrected chi connectivity index (χ1v) is 4.54. The fraction of sp³-hybridized carbons (Fsp3) is 0.778. The van der Waals surface area contributed by atoms with Crippen molar-refractivity contribution < 1.29 is 49.4 Å². The standard InChI is InChI=1S/C9H16O4.Na/c10-8(11)6-4-2-1-3-5-7-9(12)13;/h1-7H2,(H,10,11)(H,12,13);/q;+1/p-1. The Hall–Kier alpha value is -0.0600. The molecule has 0 aliphatic carbocycles. The molecular weight excluding hydrogens is 195 g/mol. The number of aliphatic carboxylic acids is 2. The topological polar surface area (TPSA) is 77.4 Å². The molecule has 0 aliphatic heterocycles. The maximum Gasteiger partial charge on any atom is 1.00 e. The van der Waals surface area contributed by atoms with Crippen molar-refractivity contribution in [3.8, 4) is 0 Å². The van der Waals surface area contributed by atoms with Crippen molar-refractivity contribution in [3.63, 3.8) is 0 Å². The first kappa shape index (κ1) is 16.4. The molecule has 0 saturated heterocycles. The Morgan fingerprint density at radius 1 is 0.929 bits per heavy atom. The van der Waals surface area contributed by atoms with Gasteiger partial charge in [-0.15, -0.1) is 0 Å². The first-order chi connectivity index (χ1) is 6.13. The van der Waals surface area contributed by atoms with E-state index in [9.17, 15) is 14.7 Å². The number of unbranched alkanes of at least 4 members (excludes halogenated alkanes) is 4. The van der Waals surface area contributed by atoms with Gasteiger partial charge in [-0.05, 0) is 19.3 Å². The summed E-state index contributed by atoms with van der Waals surface area (Å²) in [4.78, 5) is 20.1. The number of carbonyl (C=O) groups excluding carboxylic acids is 1. The zero-order chi connectivity index (χ0) is 10.1. The van der Waals surface area contributed by atoms with Gasteiger partial charge in [-0.2, -0.15) is 0 Å². The van der Waals surface area contributed by atoms with Gasteiger partial charge in [0.15, 0.2) is 0 Å². The van der Waals surface area contributed by atoms with Crippen LogP contribution in [0.5, 0.6) is 0 Å². The van der Waals surface area contributed by atoms with E-state index in [0.717, 1.165) is 19.3 Å². The molecule has 4 nitrogen and oxygen atoms in total. The number of hydrogen-bond donors (Lipinski definition) is 1. The summed E-state index contributed by atoms with van der Waals surface area (Å²) in [7, 11) is 0. The van der Waals surface area contributed by atoms with E-state index >= 15 is 0 Å². The first-order valence-electron chi connectivity index (χ1n) is 4.54. The largest absolute Gasteiger partial charge is 1.00 e. The summed E-state index contributed by atoms with van der Waals surface area (Å²) in [5.74, 6) is -1.78. The van der Waals surface area contributed by atoms with Crippen LogP contribution in [-0.2, 0) is 9.59 Å². The summed E-state index contributed by atoms with van der Waals surface area (Å²) in [6.07, 6.45) is 4.24. The Morgan fingerprint density at radius 3 is 1.79 bits per heavy atom. The Morgan fingerprint density at radius 2 is 1.36 bits per heavy atom. The number of carboxylic acids is 2. The van der Waals surface area contributed by atoms with Gasteiger partial charge in [0.2, 0.25) is 0 Å². The van der Waals surface area contributed by atoms with Crippen molar-refractivity contribution in [1.29, 1.82) is 0 Å². The molecule has 1 N–H and O–H groups in total. The fourth-order valence-corrected chi connectivity index (χ4v) is 1.08. The van der Waals surface area contributed by atoms with Crippen LogP contribution in [0.25, 0.3) is 0 Å². The molecule has 0 bridgehead atoms. The average molecular weight is 210 g/mol. The molecule has 0 aromatic carbocycles. The predicted octanol–water partition coefficient (Wildman–Crippen LogP) is -2.44. The zero-order valence-corrected chi connectivity index (χ0v) is 10.6.